The van der Waals surface area contributed by atoms with Gasteiger partial charge in [-0.15, -0.1) is 0 Å². The van der Waals surface area contributed by atoms with Crippen LogP contribution in [0.15, 0.2) is 66.2 Å². The van der Waals surface area contributed by atoms with Crippen LogP contribution in [0.25, 0.3) is 0 Å². The van der Waals surface area contributed by atoms with E-state index < -0.39 is 12.0 Å². The summed E-state index contributed by atoms with van der Waals surface area (Å²) in [6, 6.07) is 15.7. The molecule has 0 heterocycles. The Morgan fingerprint density at radius 1 is 1.07 bits per heavy atom. The molecule has 0 N–H and O–H groups in total. The highest BCUT2D eigenvalue weighted by atomic mass is 35.5. The van der Waals surface area contributed by atoms with Gasteiger partial charge in [-0.25, -0.2) is 0 Å². The zero-order valence-electron chi connectivity index (χ0n) is 15.3. The molecule has 140 valence electrons. The summed E-state index contributed by atoms with van der Waals surface area (Å²) in [6.07, 6.45) is 2.67. The van der Waals surface area contributed by atoms with E-state index in [1.807, 2.05) is 50.3 Å². The van der Waals surface area contributed by atoms with E-state index >= 15 is 0 Å². The highest BCUT2D eigenvalue weighted by Crippen LogP contribution is 2.48. The second kappa shape index (κ2) is 8.05. The molecule has 4 nitrogen and oxygen atoms in total. The van der Waals surface area contributed by atoms with Crippen molar-refractivity contribution in [2.24, 2.45) is 11.8 Å². The van der Waals surface area contributed by atoms with Crippen LogP contribution in [-0.4, -0.2) is 17.3 Å². The number of benzene rings is 2. The molecule has 1 aliphatic rings. The standard InChI is InChI=1S/C22H22ClNO3/c1-14(2)18-12-16(13-25)21(17-10-6-7-11-19(17)23)22(24(26)27)20(18)15-8-4-3-5-9-15/h3-14,18,20-22H,1-2H3/t18-,20-,21+,22-/m1/s1. The smallest absolute Gasteiger partial charge is 0.231 e. The summed E-state index contributed by atoms with van der Waals surface area (Å²) in [6.45, 7) is 4.07. The number of nitro groups is 1. The number of aldehydes is 1. The van der Waals surface area contributed by atoms with Gasteiger partial charge in [-0.2, -0.15) is 0 Å². The van der Waals surface area contributed by atoms with Crippen molar-refractivity contribution in [2.45, 2.75) is 31.7 Å². The Hall–Kier alpha value is -2.46. The molecule has 3 rings (SSSR count). The van der Waals surface area contributed by atoms with Gasteiger partial charge in [-0.05, 0) is 29.0 Å². The maximum Gasteiger partial charge on any atom is 0.231 e. The summed E-state index contributed by atoms with van der Waals surface area (Å²) in [5.74, 6) is -0.973. The molecular weight excluding hydrogens is 362 g/mol. The third-order valence-corrected chi connectivity index (χ3v) is 5.79. The van der Waals surface area contributed by atoms with Gasteiger partial charge in [0, 0.05) is 15.5 Å². The quantitative estimate of drug-likeness (QED) is 0.401. The monoisotopic (exact) mass is 383 g/mol. The number of nitrogens with zero attached hydrogens (tertiary/aromatic N) is 1. The van der Waals surface area contributed by atoms with Crippen molar-refractivity contribution >= 4 is 17.9 Å². The molecule has 27 heavy (non-hydrogen) atoms. The van der Waals surface area contributed by atoms with E-state index in [9.17, 15) is 14.9 Å². The Bertz CT molecular complexity index is 863. The Labute approximate surface area is 164 Å². The predicted octanol–water partition coefficient (Wildman–Crippen LogP) is 5.26. The SMILES string of the molecule is CC(C)[C@H]1C=C(C=O)[C@@H](c2ccccc2Cl)[C@H]([N+](=O)[O-])[C@@H]1c1ccccc1. The van der Waals surface area contributed by atoms with Crippen LogP contribution in [0, 0.1) is 22.0 Å². The number of carbonyl (C=O) groups is 1. The van der Waals surface area contributed by atoms with Crippen LogP contribution in [0.2, 0.25) is 5.02 Å². The highest BCUT2D eigenvalue weighted by molar-refractivity contribution is 6.31. The lowest BCUT2D eigenvalue weighted by molar-refractivity contribution is -0.532. The fraction of sp³-hybridized carbons (Fsp3) is 0.318. The molecule has 0 aromatic heterocycles. The van der Waals surface area contributed by atoms with Crippen molar-refractivity contribution in [1.82, 2.24) is 0 Å². The first-order chi connectivity index (χ1) is 13.0. The zero-order chi connectivity index (χ0) is 19.6. The minimum absolute atomic E-state index is 0.110. The molecule has 2 aromatic carbocycles. The molecule has 0 aliphatic heterocycles. The second-order valence-corrected chi connectivity index (χ2v) is 7.72. The molecular formula is C22H22ClNO3. The summed E-state index contributed by atoms with van der Waals surface area (Å²) in [5.41, 5.74) is 1.98. The van der Waals surface area contributed by atoms with E-state index in [0.29, 0.717) is 16.2 Å². The first-order valence-corrected chi connectivity index (χ1v) is 9.43. The maximum atomic E-state index is 12.3. The summed E-state index contributed by atoms with van der Waals surface area (Å²) in [5, 5.41) is 12.7. The lowest BCUT2D eigenvalue weighted by atomic mass is 9.64. The summed E-state index contributed by atoms with van der Waals surface area (Å²) >= 11 is 6.38. The fourth-order valence-corrected chi connectivity index (χ4v) is 4.47. The lowest BCUT2D eigenvalue weighted by Gasteiger charge is -2.39. The molecule has 5 heteroatoms. The van der Waals surface area contributed by atoms with E-state index in [1.165, 1.54) is 0 Å². The number of rotatable bonds is 5. The van der Waals surface area contributed by atoms with E-state index in [0.717, 1.165) is 11.8 Å². The van der Waals surface area contributed by atoms with Crippen LogP contribution < -0.4 is 0 Å². The third kappa shape index (κ3) is 3.67. The number of allylic oxidation sites excluding steroid dienone is 1. The van der Waals surface area contributed by atoms with Crippen molar-refractivity contribution in [1.29, 1.82) is 0 Å². The summed E-state index contributed by atoms with van der Waals surface area (Å²) < 4.78 is 0. The molecule has 1 aliphatic carbocycles. The lowest BCUT2D eigenvalue weighted by Crippen LogP contribution is -2.43. The summed E-state index contributed by atoms with van der Waals surface area (Å²) in [4.78, 5) is 23.9. The van der Waals surface area contributed by atoms with E-state index in [1.54, 1.807) is 24.3 Å². The molecule has 0 amide bonds. The minimum Gasteiger partial charge on any atom is -0.298 e. The van der Waals surface area contributed by atoms with E-state index in [2.05, 4.69) is 0 Å². The van der Waals surface area contributed by atoms with Crippen LogP contribution in [0.4, 0.5) is 0 Å². The van der Waals surface area contributed by atoms with E-state index in [4.69, 9.17) is 11.6 Å². The van der Waals surface area contributed by atoms with Gasteiger partial charge < -0.3 is 0 Å². The Balaban J connectivity index is 2.26. The average molecular weight is 384 g/mol. The number of hydrogen-bond acceptors (Lipinski definition) is 3. The van der Waals surface area contributed by atoms with E-state index in [-0.39, 0.29) is 22.7 Å². The van der Waals surface area contributed by atoms with Crippen LogP contribution in [-0.2, 0) is 4.79 Å². The van der Waals surface area contributed by atoms with Gasteiger partial charge in [-0.1, -0.05) is 80.1 Å². The molecule has 0 saturated heterocycles. The fourth-order valence-electron chi connectivity index (χ4n) is 4.22. The maximum absolute atomic E-state index is 12.3. The third-order valence-electron chi connectivity index (χ3n) is 5.44. The first kappa shape index (κ1) is 19.3. The molecule has 2 aromatic rings. The van der Waals surface area contributed by atoms with Gasteiger partial charge in [-0.3, -0.25) is 14.9 Å². The average Bonchev–Trinajstić information content (AvgIpc) is 2.67. The Morgan fingerprint density at radius 2 is 1.70 bits per heavy atom. The number of halogens is 1. The van der Waals surface area contributed by atoms with Gasteiger partial charge in [0.05, 0.1) is 11.8 Å². The van der Waals surface area contributed by atoms with Gasteiger partial charge in [0.25, 0.3) is 0 Å². The van der Waals surface area contributed by atoms with Crippen molar-refractivity contribution < 1.29 is 9.72 Å². The molecule has 0 unspecified atom stereocenters. The van der Waals surface area contributed by atoms with Gasteiger partial charge in [0.2, 0.25) is 6.04 Å². The van der Waals surface area contributed by atoms with Crippen molar-refractivity contribution in [3.05, 3.63) is 92.5 Å². The normalized spacial score (nSPS) is 25.1. The Morgan fingerprint density at radius 3 is 2.26 bits per heavy atom. The van der Waals surface area contributed by atoms with Crippen LogP contribution in [0.5, 0.6) is 0 Å². The van der Waals surface area contributed by atoms with Gasteiger partial charge in [0.1, 0.15) is 6.29 Å². The predicted molar refractivity (Wildman–Crippen MR) is 107 cm³/mol. The van der Waals surface area contributed by atoms with Crippen LogP contribution in [0.3, 0.4) is 0 Å². The summed E-state index contributed by atoms with van der Waals surface area (Å²) in [7, 11) is 0. The molecule has 0 fully saturated rings. The number of hydrogen-bond donors (Lipinski definition) is 0. The van der Waals surface area contributed by atoms with Gasteiger partial charge >= 0.3 is 0 Å². The minimum atomic E-state index is -0.968. The molecule has 0 bridgehead atoms. The van der Waals surface area contributed by atoms with Crippen molar-refractivity contribution in [2.75, 3.05) is 0 Å². The van der Waals surface area contributed by atoms with Crippen molar-refractivity contribution in [3.63, 3.8) is 0 Å². The Kier molecular flexibility index (Phi) is 5.76. The van der Waals surface area contributed by atoms with Crippen molar-refractivity contribution in [3.8, 4) is 0 Å². The first-order valence-electron chi connectivity index (χ1n) is 9.05. The molecule has 4 atom stereocenters. The molecule has 0 saturated carbocycles. The second-order valence-electron chi connectivity index (χ2n) is 7.32. The van der Waals surface area contributed by atoms with Crippen LogP contribution >= 0.6 is 11.6 Å². The highest BCUT2D eigenvalue weighted by Gasteiger charge is 2.50. The zero-order valence-corrected chi connectivity index (χ0v) is 16.0. The van der Waals surface area contributed by atoms with Crippen LogP contribution in [0.1, 0.15) is 36.8 Å². The number of carbonyl (C=O) groups excluding carboxylic acids is 1. The van der Waals surface area contributed by atoms with Gasteiger partial charge in [0.15, 0.2) is 0 Å². The molecule has 0 radical (unpaired) electrons. The largest absolute Gasteiger partial charge is 0.298 e. The molecule has 0 spiro atoms. The topological polar surface area (TPSA) is 60.2 Å².